The Kier molecular flexibility index (Phi) is 4.22. The first-order chi connectivity index (χ1) is 10.1. The van der Waals surface area contributed by atoms with Gasteiger partial charge in [-0.15, -0.1) is 11.3 Å². The summed E-state index contributed by atoms with van der Waals surface area (Å²) < 4.78 is 13.7. The number of nitrogens with zero attached hydrogens (tertiary/aromatic N) is 1. The Morgan fingerprint density at radius 2 is 2.19 bits per heavy atom. The van der Waals surface area contributed by atoms with Crippen molar-refractivity contribution in [3.8, 4) is 0 Å². The summed E-state index contributed by atoms with van der Waals surface area (Å²) in [6.45, 7) is 0. The van der Waals surface area contributed by atoms with Crippen molar-refractivity contribution in [1.29, 1.82) is 0 Å². The molecule has 0 radical (unpaired) electrons. The Hall–Kier alpha value is -1.46. The number of aryl methyl sites for hydroxylation is 2. The van der Waals surface area contributed by atoms with E-state index in [2.05, 4.69) is 10.3 Å². The van der Waals surface area contributed by atoms with E-state index in [0.717, 1.165) is 25.0 Å². The van der Waals surface area contributed by atoms with E-state index in [4.69, 9.17) is 11.6 Å². The van der Waals surface area contributed by atoms with Gasteiger partial charge in [0.2, 0.25) is 5.91 Å². The fourth-order valence-corrected chi connectivity index (χ4v) is 3.73. The predicted molar refractivity (Wildman–Crippen MR) is 82.5 cm³/mol. The maximum atomic E-state index is 13.7. The number of rotatable bonds is 3. The number of thiazole rings is 1. The smallest absolute Gasteiger partial charge is 0.230 e. The Morgan fingerprint density at radius 1 is 1.38 bits per heavy atom. The van der Waals surface area contributed by atoms with Crippen LogP contribution in [0.2, 0.25) is 5.02 Å². The lowest BCUT2D eigenvalue weighted by Gasteiger charge is -2.06. The zero-order valence-corrected chi connectivity index (χ0v) is 12.9. The van der Waals surface area contributed by atoms with Gasteiger partial charge >= 0.3 is 0 Å². The maximum Gasteiger partial charge on any atom is 0.230 e. The molecule has 1 aromatic heterocycles. The van der Waals surface area contributed by atoms with Gasteiger partial charge in [0, 0.05) is 15.5 Å². The molecule has 3 rings (SSSR count). The number of carbonyl (C=O) groups excluding carboxylic acids is 1. The number of anilines is 1. The average Bonchev–Trinajstić information content (AvgIpc) is 2.85. The molecule has 0 bridgehead atoms. The number of amides is 1. The van der Waals surface area contributed by atoms with Crippen LogP contribution in [0.4, 0.5) is 9.52 Å². The zero-order chi connectivity index (χ0) is 14.8. The summed E-state index contributed by atoms with van der Waals surface area (Å²) in [6.07, 6.45) is 4.24. The van der Waals surface area contributed by atoms with Crippen molar-refractivity contribution >= 4 is 34.0 Å². The second-order valence-electron chi connectivity index (χ2n) is 5.02. The van der Waals surface area contributed by atoms with Crippen LogP contribution in [0.25, 0.3) is 0 Å². The lowest BCUT2D eigenvalue weighted by Crippen LogP contribution is -2.15. The van der Waals surface area contributed by atoms with Gasteiger partial charge in [-0.1, -0.05) is 17.7 Å². The number of nitrogens with one attached hydrogen (secondary N) is 1. The highest BCUT2D eigenvalue weighted by Gasteiger charge is 2.17. The van der Waals surface area contributed by atoms with E-state index in [9.17, 15) is 9.18 Å². The molecular weight excluding hydrogens is 311 g/mol. The van der Waals surface area contributed by atoms with E-state index in [0.29, 0.717) is 5.13 Å². The van der Waals surface area contributed by atoms with Crippen LogP contribution in [0.3, 0.4) is 0 Å². The molecule has 3 nitrogen and oxygen atoms in total. The molecule has 1 aliphatic rings. The van der Waals surface area contributed by atoms with E-state index in [-0.39, 0.29) is 22.9 Å². The van der Waals surface area contributed by atoms with Crippen molar-refractivity contribution in [3.05, 3.63) is 45.2 Å². The minimum Gasteiger partial charge on any atom is -0.302 e. The van der Waals surface area contributed by atoms with E-state index in [1.165, 1.54) is 34.8 Å². The van der Waals surface area contributed by atoms with Crippen LogP contribution in [0.1, 0.15) is 29.0 Å². The van der Waals surface area contributed by atoms with Gasteiger partial charge in [-0.05, 0) is 37.8 Å². The SMILES string of the molecule is O=C(Cc1c(F)cccc1Cl)Nc1nc2c(s1)CCCC2. The second kappa shape index (κ2) is 6.12. The quantitative estimate of drug-likeness (QED) is 0.927. The van der Waals surface area contributed by atoms with Gasteiger partial charge in [-0.3, -0.25) is 4.79 Å². The van der Waals surface area contributed by atoms with Crippen molar-refractivity contribution in [1.82, 2.24) is 4.98 Å². The highest BCUT2D eigenvalue weighted by molar-refractivity contribution is 7.15. The van der Waals surface area contributed by atoms with Gasteiger partial charge < -0.3 is 5.32 Å². The Balaban J connectivity index is 1.70. The zero-order valence-electron chi connectivity index (χ0n) is 11.3. The summed E-state index contributed by atoms with van der Waals surface area (Å²) in [4.78, 5) is 17.7. The summed E-state index contributed by atoms with van der Waals surface area (Å²) in [5.74, 6) is -0.760. The van der Waals surface area contributed by atoms with Gasteiger partial charge in [-0.25, -0.2) is 9.37 Å². The van der Waals surface area contributed by atoms with Gasteiger partial charge in [-0.2, -0.15) is 0 Å². The van der Waals surface area contributed by atoms with Gasteiger partial charge in [0.15, 0.2) is 5.13 Å². The molecule has 0 spiro atoms. The molecular formula is C15H14ClFN2OS. The maximum absolute atomic E-state index is 13.7. The average molecular weight is 325 g/mol. The number of hydrogen-bond donors (Lipinski definition) is 1. The molecule has 110 valence electrons. The van der Waals surface area contributed by atoms with Crippen LogP contribution in [0, 0.1) is 5.82 Å². The lowest BCUT2D eigenvalue weighted by molar-refractivity contribution is -0.115. The molecule has 1 aromatic carbocycles. The number of benzene rings is 1. The second-order valence-corrected chi connectivity index (χ2v) is 6.51. The fraction of sp³-hybridized carbons (Fsp3) is 0.333. The van der Waals surface area contributed by atoms with Crippen molar-refractivity contribution < 1.29 is 9.18 Å². The fourth-order valence-electron chi connectivity index (χ4n) is 2.43. The molecule has 2 aromatic rings. The monoisotopic (exact) mass is 324 g/mol. The largest absolute Gasteiger partial charge is 0.302 e. The van der Waals surface area contributed by atoms with Crippen molar-refractivity contribution in [2.24, 2.45) is 0 Å². The number of fused-ring (bicyclic) bond motifs is 1. The standard InChI is InChI=1S/C15H14ClFN2OS/c16-10-4-3-5-11(17)9(10)8-14(20)19-15-18-12-6-1-2-7-13(12)21-15/h3-5H,1-2,6-8H2,(H,18,19,20). The Labute approximate surface area is 131 Å². The molecule has 1 heterocycles. The number of aromatic nitrogens is 1. The van der Waals surface area contributed by atoms with Crippen LogP contribution in [-0.4, -0.2) is 10.9 Å². The van der Waals surface area contributed by atoms with Crippen LogP contribution in [0.5, 0.6) is 0 Å². The van der Waals surface area contributed by atoms with Gasteiger partial charge in [0.25, 0.3) is 0 Å². The van der Waals surface area contributed by atoms with Crippen LogP contribution >= 0.6 is 22.9 Å². The van der Waals surface area contributed by atoms with E-state index < -0.39 is 5.82 Å². The minimum absolute atomic E-state index is 0.0875. The normalized spacial score (nSPS) is 13.8. The van der Waals surface area contributed by atoms with Crippen LogP contribution in [0.15, 0.2) is 18.2 Å². The molecule has 1 aliphatic carbocycles. The lowest BCUT2D eigenvalue weighted by atomic mass is 10.0. The van der Waals surface area contributed by atoms with E-state index in [1.54, 1.807) is 6.07 Å². The van der Waals surface area contributed by atoms with Crippen LogP contribution < -0.4 is 5.32 Å². The molecule has 0 aliphatic heterocycles. The molecule has 0 atom stereocenters. The molecule has 1 N–H and O–H groups in total. The van der Waals surface area contributed by atoms with E-state index in [1.807, 2.05) is 0 Å². The molecule has 0 unspecified atom stereocenters. The summed E-state index contributed by atoms with van der Waals surface area (Å²) in [5.41, 5.74) is 1.31. The van der Waals surface area contributed by atoms with Gasteiger partial charge in [0.05, 0.1) is 12.1 Å². The first kappa shape index (κ1) is 14.5. The predicted octanol–water partition coefficient (Wildman–Crippen LogP) is 4.00. The third-order valence-electron chi connectivity index (χ3n) is 3.49. The third-order valence-corrected chi connectivity index (χ3v) is 4.92. The first-order valence-corrected chi connectivity index (χ1v) is 8.04. The highest BCUT2D eigenvalue weighted by Crippen LogP contribution is 2.29. The number of halogens is 2. The topological polar surface area (TPSA) is 42.0 Å². The molecule has 1 amide bonds. The molecule has 0 saturated heterocycles. The molecule has 0 fully saturated rings. The Morgan fingerprint density at radius 3 is 2.95 bits per heavy atom. The first-order valence-electron chi connectivity index (χ1n) is 6.85. The summed E-state index contributed by atoms with van der Waals surface area (Å²) in [7, 11) is 0. The third kappa shape index (κ3) is 3.24. The van der Waals surface area contributed by atoms with Crippen molar-refractivity contribution in [2.75, 3.05) is 5.32 Å². The molecule has 6 heteroatoms. The van der Waals surface area contributed by atoms with Crippen molar-refractivity contribution in [3.63, 3.8) is 0 Å². The van der Waals surface area contributed by atoms with Crippen LogP contribution in [-0.2, 0) is 24.1 Å². The number of carbonyl (C=O) groups is 1. The van der Waals surface area contributed by atoms with E-state index >= 15 is 0 Å². The number of hydrogen-bond acceptors (Lipinski definition) is 3. The van der Waals surface area contributed by atoms with Gasteiger partial charge in [0.1, 0.15) is 5.82 Å². The summed E-state index contributed by atoms with van der Waals surface area (Å²) in [6, 6.07) is 4.40. The Bertz CT molecular complexity index is 643. The minimum atomic E-state index is -0.462. The van der Waals surface area contributed by atoms with Crippen molar-refractivity contribution in [2.45, 2.75) is 32.1 Å². The highest BCUT2D eigenvalue weighted by atomic mass is 35.5. The summed E-state index contributed by atoms with van der Waals surface area (Å²) >= 11 is 7.44. The summed E-state index contributed by atoms with van der Waals surface area (Å²) in [5, 5.41) is 3.61. The molecule has 21 heavy (non-hydrogen) atoms. The molecule has 0 saturated carbocycles.